The first kappa shape index (κ1) is 15.4. The van der Waals surface area contributed by atoms with Crippen LogP contribution in [0.3, 0.4) is 0 Å². The summed E-state index contributed by atoms with van der Waals surface area (Å²) in [5.41, 5.74) is 3.59. The highest BCUT2D eigenvalue weighted by atomic mass is 16.5. The summed E-state index contributed by atoms with van der Waals surface area (Å²) in [6.45, 7) is 5.09. The van der Waals surface area contributed by atoms with Gasteiger partial charge in [-0.2, -0.15) is 0 Å². The zero-order chi connectivity index (χ0) is 15.2. The van der Waals surface area contributed by atoms with E-state index in [1.165, 1.54) is 16.7 Å². The molecule has 0 amide bonds. The average Bonchev–Trinajstić information content (AvgIpc) is 2.49. The molecule has 1 unspecified atom stereocenters. The first-order valence-electron chi connectivity index (χ1n) is 7.26. The van der Waals surface area contributed by atoms with Crippen LogP contribution in [0.4, 0.5) is 0 Å². The maximum absolute atomic E-state index is 9.27. The molecule has 0 aliphatic carbocycles. The molecule has 0 aromatic heterocycles. The van der Waals surface area contributed by atoms with E-state index in [4.69, 9.17) is 4.74 Å². The molecule has 112 valence electrons. The number of phenolic OH excluding ortho intramolecular Hbond substituents is 1. The zero-order valence-corrected chi connectivity index (χ0v) is 12.9. The van der Waals surface area contributed by atoms with E-state index >= 15 is 0 Å². The van der Waals surface area contributed by atoms with Gasteiger partial charge in [-0.25, -0.2) is 0 Å². The van der Waals surface area contributed by atoms with E-state index in [1.54, 1.807) is 19.2 Å². The lowest BCUT2D eigenvalue weighted by atomic mass is 10.0. The molecule has 2 aromatic rings. The van der Waals surface area contributed by atoms with E-state index in [0.29, 0.717) is 5.75 Å². The van der Waals surface area contributed by atoms with E-state index in [2.05, 4.69) is 37.4 Å². The Hall–Kier alpha value is -2.00. The summed E-state index contributed by atoms with van der Waals surface area (Å²) in [5, 5.41) is 12.8. The number of aryl methyl sites for hydroxylation is 1. The van der Waals surface area contributed by atoms with Crippen LogP contribution in [0, 0.1) is 6.92 Å². The minimum absolute atomic E-state index is 0.234. The molecule has 0 bridgehead atoms. The third-order valence-electron chi connectivity index (χ3n) is 3.66. The molecule has 2 aromatic carbocycles. The van der Waals surface area contributed by atoms with Crippen LogP contribution in [0.2, 0.25) is 0 Å². The van der Waals surface area contributed by atoms with Crippen molar-refractivity contribution >= 4 is 0 Å². The number of ether oxygens (including phenoxy) is 1. The minimum atomic E-state index is 0.234. The van der Waals surface area contributed by atoms with Crippen molar-refractivity contribution in [1.82, 2.24) is 5.32 Å². The molecule has 3 nitrogen and oxygen atoms in total. The molecule has 1 atom stereocenters. The Morgan fingerprint density at radius 3 is 2.52 bits per heavy atom. The van der Waals surface area contributed by atoms with Crippen LogP contribution in [0.15, 0.2) is 42.5 Å². The topological polar surface area (TPSA) is 41.5 Å². The summed E-state index contributed by atoms with van der Waals surface area (Å²) in [4.78, 5) is 0. The van der Waals surface area contributed by atoms with Crippen LogP contribution in [0.1, 0.15) is 29.7 Å². The molecule has 0 aliphatic heterocycles. The maximum Gasteiger partial charge on any atom is 0.123 e. The lowest BCUT2D eigenvalue weighted by molar-refractivity contribution is 0.401. The second-order valence-corrected chi connectivity index (χ2v) is 5.34. The molecule has 0 heterocycles. The van der Waals surface area contributed by atoms with Gasteiger partial charge in [0.1, 0.15) is 11.5 Å². The van der Waals surface area contributed by atoms with Gasteiger partial charge in [0, 0.05) is 11.6 Å². The summed E-state index contributed by atoms with van der Waals surface area (Å²) in [6, 6.07) is 13.9. The highest BCUT2D eigenvalue weighted by Crippen LogP contribution is 2.26. The van der Waals surface area contributed by atoms with E-state index < -0.39 is 0 Å². The van der Waals surface area contributed by atoms with Gasteiger partial charge in [0.25, 0.3) is 0 Å². The normalized spacial score (nSPS) is 12.1. The SMILES string of the molecule is COc1cc(C)ccc1C(C)NCCc1ccc(O)cc1. The van der Waals surface area contributed by atoms with Crippen molar-refractivity contribution < 1.29 is 9.84 Å². The fourth-order valence-corrected chi connectivity index (χ4v) is 2.38. The summed E-state index contributed by atoms with van der Waals surface area (Å²) in [5.74, 6) is 1.24. The Morgan fingerprint density at radius 2 is 1.86 bits per heavy atom. The van der Waals surface area contributed by atoms with Crippen molar-refractivity contribution in [2.24, 2.45) is 0 Å². The monoisotopic (exact) mass is 285 g/mol. The van der Waals surface area contributed by atoms with Crippen LogP contribution in [-0.2, 0) is 6.42 Å². The first-order chi connectivity index (χ1) is 10.1. The number of rotatable bonds is 6. The fraction of sp³-hybridized carbons (Fsp3) is 0.333. The molecular formula is C18H23NO2. The molecule has 0 fully saturated rings. The number of benzene rings is 2. The summed E-state index contributed by atoms with van der Waals surface area (Å²) < 4.78 is 5.46. The summed E-state index contributed by atoms with van der Waals surface area (Å²) in [6.07, 6.45) is 0.929. The Kier molecular flexibility index (Phi) is 5.23. The molecule has 21 heavy (non-hydrogen) atoms. The first-order valence-corrected chi connectivity index (χ1v) is 7.26. The number of hydrogen-bond acceptors (Lipinski definition) is 3. The van der Waals surface area contributed by atoms with Crippen molar-refractivity contribution in [3.63, 3.8) is 0 Å². The van der Waals surface area contributed by atoms with Crippen molar-refractivity contribution in [3.05, 3.63) is 59.2 Å². The Labute approximate surface area is 126 Å². The number of methoxy groups -OCH3 is 1. The number of aromatic hydroxyl groups is 1. The second-order valence-electron chi connectivity index (χ2n) is 5.34. The number of nitrogens with one attached hydrogen (secondary N) is 1. The van der Waals surface area contributed by atoms with Gasteiger partial charge in [0.05, 0.1) is 7.11 Å². The van der Waals surface area contributed by atoms with Gasteiger partial charge in [0.2, 0.25) is 0 Å². The lowest BCUT2D eigenvalue weighted by Gasteiger charge is -2.18. The lowest BCUT2D eigenvalue weighted by Crippen LogP contribution is -2.21. The van der Waals surface area contributed by atoms with E-state index in [9.17, 15) is 5.11 Å². The molecule has 2 rings (SSSR count). The summed E-state index contributed by atoms with van der Waals surface area (Å²) >= 11 is 0. The zero-order valence-electron chi connectivity index (χ0n) is 12.9. The minimum Gasteiger partial charge on any atom is -0.508 e. The molecule has 0 aliphatic rings. The average molecular weight is 285 g/mol. The number of hydrogen-bond donors (Lipinski definition) is 2. The van der Waals surface area contributed by atoms with Crippen LogP contribution in [-0.4, -0.2) is 18.8 Å². The Bertz CT molecular complexity index is 578. The molecule has 2 N–H and O–H groups in total. The number of phenols is 1. The largest absolute Gasteiger partial charge is 0.508 e. The Morgan fingerprint density at radius 1 is 1.14 bits per heavy atom. The van der Waals surface area contributed by atoms with Gasteiger partial charge in [-0.05, 0) is 56.1 Å². The third kappa shape index (κ3) is 4.23. The van der Waals surface area contributed by atoms with Crippen molar-refractivity contribution in [1.29, 1.82) is 0 Å². The van der Waals surface area contributed by atoms with Crippen molar-refractivity contribution in [2.75, 3.05) is 13.7 Å². The van der Waals surface area contributed by atoms with E-state index in [-0.39, 0.29) is 6.04 Å². The third-order valence-corrected chi connectivity index (χ3v) is 3.66. The highest BCUT2D eigenvalue weighted by Gasteiger charge is 2.10. The summed E-state index contributed by atoms with van der Waals surface area (Å²) in [7, 11) is 1.71. The van der Waals surface area contributed by atoms with Gasteiger partial charge in [-0.15, -0.1) is 0 Å². The van der Waals surface area contributed by atoms with E-state index in [1.807, 2.05) is 12.1 Å². The second kappa shape index (κ2) is 7.14. The highest BCUT2D eigenvalue weighted by molar-refractivity contribution is 5.39. The van der Waals surface area contributed by atoms with Gasteiger partial charge >= 0.3 is 0 Å². The van der Waals surface area contributed by atoms with Crippen LogP contribution < -0.4 is 10.1 Å². The van der Waals surface area contributed by atoms with E-state index in [0.717, 1.165) is 18.7 Å². The smallest absolute Gasteiger partial charge is 0.123 e. The van der Waals surface area contributed by atoms with Gasteiger partial charge < -0.3 is 15.2 Å². The van der Waals surface area contributed by atoms with Crippen molar-refractivity contribution in [3.8, 4) is 11.5 Å². The van der Waals surface area contributed by atoms with Crippen LogP contribution >= 0.6 is 0 Å². The quantitative estimate of drug-likeness (QED) is 0.852. The van der Waals surface area contributed by atoms with Gasteiger partial charge in [-0.3, -0.25) is 0 Å². The molecule has 0 spiro atoms. The predicted octanol–water partition coefficient (Wildman–Crippen LogP) is 3.60. The Balaban J connectivity index is 1.92. The molecule has 0 saturated heterocycles. The maximum atomic E-state index is 9.27. The predicted molar refractivity (Wildman–Crippen MR) is 86.0 cm³/mol. The molecule has 0 radical (unpaired) electrons. The van der Waals surface area contributed by atoms with Gasteiger partial charge in [0.15, 0.2) is 0 Å². The van der Waals surface area contributed by atoms with Crippen LogP contribution in [0.25, 0.3) is 0 Å². The molecule has 3 heteroatoms. The molecular weight excluding hydrogens is 262 g/mol. The van der Waals surface area contributed by atoms with Crippen LogP contribution in [0.5, 0.6) is 11.5 Å². The molecule has 0 saturated carbocycles. The fourth-order valence-electron chi connectivity index (χ4n) is 2.38. The van der Waals surface area contributed by atoms with Gasteiger partial charge in [-0.1, -0.05) is 24.3 Å². The standard InChI is InChI=1S/C18H23NO2/c1-13-4-9-17(18(12-13)21-3)14(2)19-11-10-15-5-7-16(20)8-6-15/h4-9,12,14,19-20H,10-11H2,1-3H3. The van der Waals surface area contributed by atoms with Crippen molar-refractivity contribution in [2.45, 2.75) is 26.3 Å².